The van der Waals surface area contributed by atoms with Crippen LogP contribution in [-0.4, -0.2) is 53.2 Å². The monoisotopic (exact) mass is 358 g/mol. The predicted octanol–water partition coefficient (Wildman–Crippen LogP) is 2.47. The van der Waals surface area contributed by atoms with Crippen LogP contribution < -0.4 is 5.32 Å². The Hall–Kier alpha value is -1.92. The summed E-state index contributed by atoms with van der Waals surface area (Å²) in [7, 11) is 4.03. The molecular formula is C19H26N4OS. The second kappa shape index (κ2) is 9.53. The number of hydrogen-bond acceptors (Lipinski definition) is 5. The number of nitrogens with one attached hydrogen (secondary N) is 1. The molecule has 0 bridgehead atoms. The van der Waals surface area contributed by atoms with Crippen molar-refractivity contribution in [1.82, 2.24) is 20.2 Å². The van der Waals surface area contributed by atoms with E-state index in [-0.39, 0.29) is 11.9 Å². The fourth-order valence-corrected chi connectivity index (χ4v) is 3.42. The summed E-state index contributed by atoms with van der Waals surface area (Å²) in [6.45, 7) is 4.67. The van der Waals surface area contributed by atoms with E-state index in [4.69, 9.17) is 0 Å². The highest BCUT2D eigenvalue weighted by Crippen LogP contribution is 2.14. The number of carbonyl (C=O) groups is 1. The molecule has 1 heterocycles. The highest BCUT2D eigenvalue weighted by Gasteiger charge is 2.15. The zero-order valence-electron chi connectivity index (χ0n) is 15.3. The number of carbonyl (C=O) groups excluding carboxylic acids is 1. The molecule has 0 radical (unpaired) electrons. The highest BCUT2D eigenvalue weighted by molar-refractivity contribution is 7.99. The molecule has 2 aromatic rings. The van der Waals surface area contributed by atoms with Crippen LogP contribution in [0.15, 0.2) is 41.6 Å². The number of aryl methyl sites for hydroxylation is 2. The summed E-state index contributed by atoms with van der Waals surface area (Å²) in [5.74, 6) is 0.331. The lowest BCUT2D eigenvalue weighted by Crippen LogP contribution is -2.43. The van der Waals surface area contributed by atoms with E-state index in [0.29, 0.717) is 10.9 Å². The molecule has 1 atom stereocenters. The summed E-state index contributed by atoms with van der Waals surface area (Å²) in [6.07, 6.45) is 0.815. The van der Waals surface area contributed by atoms with Gasteiger partial charge in [-0.2, -0.15) is 0 Å². The Labute approximate surface area is 154 Å². The van der Waals surface area contributed by atoms with Gasteiger partial charge in [0.15, 0.2) is 5.16 Å². The molecule has 2 rings (SSSR count). The topological polar surface area (TPSA) is 58.1 Å². The molecule has 0 aliphatic rings. The summed E-state index contributed by atoms with van der Waals surface area (Å²) in [5, 5.41) is 3.79. The van der Waals surface area contributed by atoms with Crippen LogP contribution in [0.2, 0.25) is 0 Å². The average Bonchev–Trinajstić information content (AvgIpc) is 2.52. The van der Waals surface area contributed by atoms with E-state index in [2.05, 4.69) is 32.3 Å². The number of nitrogens with zero attached hydrogens (tertiary/aromatic N) is 3. The first-order valence-electron chi connectivity index (χ1n) is 8.35. The lowest BCUT2D eigenvalue weighted by atomic mass is 10.1. The lowest BCUT2D eigenvalue weighted by molar-refractivity contribution is -0.119. The second-order valence-corrected chi connectivity index (χ2v) is 7.38. The minimum Gasteiger partial charge on any atom is -0.351 e. The van der Waals surface area contributed by atoms with Crippen molar-refractivity contribution in [3.63, 3.8) is 0 Å². The van der Waals surface area contributed by atoms with E-state index in [9.17, 15) is 4.79 Å². The van der Waals surface area contributed by atoms with Crippen molar-refractivity contribution in [2.45, 2.75) is 31.5 Å². The smallest absolute Gasteiger partial charge is 0.230 e. The molecule has 1 N–H and O–H groups in total. The summed E-state index contributed by atoms with van der Waals surface area (Å²) < 4.78 is 0. The van der Waals surface area contributed by atoms with Crippen LogP contribution in [0.25, 0.3) is 0 Å². The van der Waals surface area contributed by atoms with Crippen LogP contribution >= 0.6 is 11.8 Å². The van der Waals surface area contributed by atoms with Gasteiger partial charge in [0.2, 0.25) is 5.91 Å². The van der Waals surface area contributed by atoms with Gasteiger partial charge >= 0.3 is 0 Å². The molecule has 0 fully saturated rings. The number of rotatable bonds is 8. The van der Waals surface area contributed by atoms with Crippen molar-refractivity contribution in [3.05, 3.63) is 53.3 Å². The summed E-state index contributed by atoms with van der Waals surface area (Å²) in [4.78, 5) is 23.2. The Balaban J connectivity index is 1.91. The maximum absolute atomic E-state index is 12.4. The molecule has 1 unspecified atom stereocenters. The normalized spacial score (nSPS) is 12.2. The van der Waals surface area contributed by atoms with E-state index in [1.54, 1.807) is 0 Å². The molecule has 0 aliphatic carbocycles. The quantitative estimate of drug-likeness (QED) is 0.580. The molecule has 0 aliphatic heterocycles. The molecule has 1 aromatic carbocycles. The van der Waals surface area contributed by atoms with Crippen LogP contribution in [0.3, 0.4) is 0 Å². The van der Waals surface area contributed by atoms with Crippen LogP contribution in [0.4, 0.5) is 0 Å². The maximum atomic E-state index is 12.4. The van der Waals surface area contributed by atoms with E-state index in [1.165, 1.54) is 17.3 Å². The van der Waals surface area contributed by atoms with Crippen LogP contribution in [0.5, 0.6) is 0 Å². The number of aromatic nitrogens is 2. The number of hydrogen-bond donors (Lipinski definition) is 1. The fraction of sp³-hybridized carbons (Fsp3) is 0.421. The molecule has 0 saturated carbocycles. The van der Waals surface area contributed by atoms with Crippen LogP contribution in [0, 0.1) is 13.8 Å². The van der Waals surface area contributed by atoms with Crippen LogP contribution in [0.1, 0.15) is 17.0 Å². The van der Waals surface area contributed by atoms with Crippen molar-refractivity contribution >= 4 is 17.7 Å². The minimum absolute atomic E-state index is 0.00976. The molecule has 0 saturated heterocycles. The van der Waals surface area contributed by atoms with Gasteiger partial charge in [0.25, 0.3) is 0 Å². The largest absolute Gasteiger partial charge is 0.351 e. The number of thioether (sulfide) groups is 1. The Kier molecular flexibility index (Phi) is 7.40. The van der Waals surface area contributed by atoms with Gasteiger partial charge in [-0.1, -0.05) is 42.1 Å². The molecule has 6 heteroatoms. The third-order valence-electron chi connectivity index (χ3n) is 3.57. The van der Waals surface area contributed by atoms with Gasteiger partial charge in [0.05, 0.1) is 5.75 Å². The molecule has 0 spiro atoms. The molecule has 25 heavy (non-hydrogen) atoms. The summed E-state index contributed by atoms with van der Waals surface area (Å²) in [6, 6.07) is 12.2. The molecular weight excluding hydrogens is 332 g/mol. The van der Waals surface area contributed by atoms with E-state index in [0.717, 1.165) is 24.4 Å². The van der Waals surface area contributed by atoms with Crippen molar-refractivity contribution in [2.75, 3.05) is 26.4 Å². The minimum atomic E-state index is 0.00976. The Morgan fingerprint density at radius 2 is 1.80 bits per heavy atom. The zero-order chi connectivity index (χ0) is 18.2. The SMILES string of the molecule is Cc1cc(C)nc(SCC(=O)NC(Cc2ccccc2)CN(C)C)n1. The number of likely N-dealkylation sites (N-methyl/N-ethyl adjacent to an activating group) is 1. The highest BCUT2D eigenvalue weighted by atomic mass is 32.2. The molecule has 1 aromatic heterocycles. The Morgan fingerprint density at radius 3 is 2.40 bits per heavy atom. The van der Waals surface area contributed by atoms with Gasteiger partial charge in [0, 0.05) is 24.0 Å². The first kappa shape index (κ1) is 19.4. The van der Waals surface area contributed by atoms with Gasteiger partial charge in [-0.15, -0.1) is 0 Å². The van der Waals surface area contributed by atoms with Crippen molar-refractivity contribution in [2.24, 2.45) is 0 Å². The molecule has 134 valence electrons. The van der Waals surface area contributed by atoms with E-state index < -0.39 is 0 Å². The third kappa shape index (κ3) is 7.23. The first-order valence-corrected chi connectivity index (χ1v) is 9.34. The van der Waals surface area contributed by atoms with Crippen molar-refractivity contribution in [1.29, 1.82) is 0 Å². The van der Waals surface area contributed by atoms with Gasteiger partial charge in [-0.25, -0.2) is 9.97 Å². The van der Waals surface area contributed by atoms with Gasteiger partial charge in [0.1, 0.15) is 0 Å². The number of benzene rings is 1. The maximum Gasteiger partial charge on any atom is 0.230 e. The summed E-state index contributed by atoms with van der Waals surface area (Å²) >= 11 is 1.38. The predicted molar refractivity (Wildman–Crippen MR) is 103 cm³/mol. The fourth-order valence-electron chi connectivity index (χ4n) is 2.66. The van der Waals surface area contributed by atoms with E-state index in [1.807, 2.05) is 52.2 Å². The van der Waals surface area contributed by atoms with Crippen molar-refractivity contribution in [3.8, 4) is 0 Å². The molecule has 1 amide bonds. The zero-order valence-corrected chi connectivity index (χ0v) is 16.1. The first-order chi connectivity index (χ1) is 11.9. The van der Waals surface area contributed by atoms with E-state index >= 15 is 0 Å². The Bertz CT molecular complexity index is 671. The lowest BCUT2D eigenvalue weighted by Gasteiger charge is -2.22. The number of amides is 1. The Morgan fingerprint density at radius 1 is 1.16 bits per heavy atom. The van der Waals surface area contributed by atoms with Gasteiger partial charge in [-0.05, 0) is 46.0 Å². The van der Waals surface area contributed by atoms with Gasteiger partial charge in [-0.3, -0.25) is 4.79 Å². The standard InChI is InChI=1S/C19H26N4OS/c1-14-10-15(2)21-19(20-14)25-13-18(24)22-17(12-23(3)4)11-16-8-6-5-7-9-16/h5-10,17H,11-13H2,1-4H3,(H,22,24). The second-order valence-electron chi connectivity index (χ2n) is 6.44. The average molecular weight is 359 g/mol. The van der Waals surface area contributed by atoms with Crippen molar-refractivity contribution < 1.29 is 4.79 Å². The molecule has 5 nitrogen and oxygen atoms in total. The van der Waals surface area contributed by atoms with Gasteiger partial charge < -0.3 is 10.2 Å². The third-order valence-corrected chi connectivity index (χ3v) is 4.42. The van der Waals surface area contributed by atoms with Crippen LogP contribution in [-0.2, 0) is 11.2 Å². The summed E-state index contributed by atoms with van der Waals surface area (Å²) in [5.41, 5.74) is 3.06.